The van der Waals surface area contributed by atoms with Gasteiger partial charge < -0.3 is 14.4 Å². The Morgan fingerprint density at radius 1 is 1.18 bits per heavy atom. The van der Waals surface area contributed by atoms with Gasteiger partial charge in [-0.1, -0.05) is 0 Å². The summed E-state index contributed by atoms with van der Waals surface area (Å²) in [7, 11) is 1.31. The van der Waals surface area contributed by atoms with Crippen LogP contribution in [0.4, 0.5) is 4.79 Å². The molecule has 17 heavy (non-hydrogen) atoms. The van der Waals surface area contributed by atoms with E-state index in [1.54, 1.807) is 4.90 Å². The normalized spacial score (nSPS) is 15.4. The van der Waals surface area contributed by atoms with Crippen molar-refractivity contribution >= 4 is 12.6 Å². The summed E-state index contributed by atoms with van der Waals surface area (Å²) < 4.78 is 9.13. The number of rotatable bonds is 1. The molecule has 0 aliphatic carbocycles. The van der Waals surface area contributed by atoms with E-state index in [9.17, 15) is 4.79 Å². The van der Waals surface area contributed by atoms with Gasteiger partial charge in [0.2, 0.25) is 0 Å². The fourth-order valence-corrected chi connectivity index (χ4v) is 1.40. The lowest BCUT2D eigenvalue weighted by Crippen LogP contribution is -2.39. The predicted octanol–water partition coefficient (Wildman–Crippen LogP) is 2.20. The van der Waals surface area contributed by atoms with Crippen LogP contribution in [0.5, 0.6) is 0 Å². The van der Waals surface area contributed by atoms with Gasteiger partial charge in [-0.05, 0) is 40.0 Å². The van der Waals surface area contributed by atoms with Crippen molar-refractivity contribution in [1.82, 2.24) is 4.90 Å². The van der Waals surface area contributed by atoms with E-state index in [4.69, 9.17) is 9.53 Å². The minimum Gasteiger partial charge on any atom is -0.471 e. The van der Waals surface area contributed by atoms with Crippen molar-refractivity contribution in [2.45, 2.75) is 45.6 Å². The largest absolute Gasteiger partial charge is 0.471 e. The van der Waals surface area contributed by atoms with Gasteiger partial charge in [0.05, 0.1) is 7.11 Å². The fraction of sp³-hybridized carbons (Fsp3) is 0.833. The molecule has 1 amide bonds. The van der Waals surface area contributed by atoms with Crippen LogP contribution in [0, 0.1) is 0 Å². The highest BCUT2D eigenvalue weighted by Gasteiger charge is 2.22. The maximum atomic E-state index is 11.5. The molecule has 0 spiro atoms. The average molecular weight is 245 g/mol. The van der Waals surface area contributed by atoms with Gasteiger partial charge in [0.25, 0.3) is 6.47 Å². The number of methoxy groups -OCH3 is 1. The van der Waals surface area contributed by atoms with E-state index in [-0.39, 0.29) is 11.7 Å². The van der Waals surface area contributed by atoms with Crippen molar-refractivity contribution in [3.63, 3.8) is 0 Å². The molecule has 1 heterocycles. The second-order valence-corrected chi connectivity index (χ2v) is 4.86. The molecular weight excluding hydrogens is 222 g/mol. The first-order valence-corrected chi connectivity index (χ1v) is 5.85. The van der Waals surface area contributed by atoms with Crippen LogP contribution in [0.2, 0.25) is 0 Å². The Morgan fingerprint density at radius 2 is 1.65 bits per heavy atom. The predicted molar refractivity (Wildman–Crippen MR) is 64.7 cm³/mol. The van der Waals surface area contributed by atoms with Crippen LogP contribution in [0.25, 0.3) is 0 Å². The van der Waals surface area contributed by atoms with Crippen LogP contribution >= 0.6 is 0 Å². The number of hydrogen-bond donors (Lipinski definition) is 0. The van der Waals surface area contributed by atoms with E-state index in [1.165, 1.54) is 13.5 Å². The molecule has 0 unspecified atom stereocenters. The zero-order valence-corrected chi connectivity index (χ0v) is 11.2. The highest BCUT2D eigenvalue weighted by atomic mass is 16.6. The molecule has 100 valence electrons. The summed E-state index contributed by atoms with van der Waals surface area (Å²) in [6.45, 7) is 7.78. The molecule has 5 nitrogen and oxygen atoms in total. The first kappa shape index (κ1) is 15.7. The lowest BCUT2D eigenvalue weighted by molar-refractivity contribution is -0.126. The first-order valence-electron chi connectivity index (χ1n) is 5.85. The molecule has 0 radical (unpaired) electrons. The summed E-state index contributed by atoms with van der Waals surface area (Å²) in [4.78, 5) is 22.3. The lowest BCUT2D eigenvalue weighted by atomic mass is 10.1. The summed E-state index contributed by atoms with van der Waals surface area (Å²) in [6.07, 6.45) is 3.30. The van der Waals surface area contributed by atoms with Gasteiger partial charge in [-0.25, -0.2) is 4.79 Å². The molecule has 0 aromatic heterocycles. The molecule has 0 aromatic carbocycles. The number of hydrogen-bond acceptors (Lipinski definition) is 4. The third kappa shape index (κ3) is 8.54. The van der Waals surface area contributed by atoms with Crippen LogP contribution in [0.3, 0.4) is 0 Å². The van der Waals surface area contributed by atoms with Crippen molar-refractivity contribution in [2.24, 2.45) is 0 Å². The van der Waals surface area contributed by atoms with Gasteiger partial charge >= 0.3 is 6.09 Å². The Hall–Kier alpha value is -1.26. The minimum atomic E-state index is -0.367. The second-order valence-electron chi connectivity index (χ2n) is 4.86. The second kappa shape index (κ2) is 7.92. The van der Waals surface area contributed by atoms with Gasteiger partial charge in [-0.15, -0.1) is 0 Å². The van der Waals surface area contributed by atoms with Crippen LogP contribution < -0.4 is 0 Å². The Bertz CT molecular complexity index is 229. The maximum Gasteiger partial charge on any atom is 0.410 e. The van der Waals surface area contributed by atoms with E-state index >= 15 is 0 Å². The summed E-state index contributed by atoms with van der Waals surface area (Å²) in [5.74, 6) is 0. The maximum absolute atomic E-state index is 11.5. The van der Waals surface area contributed by atoms with Crippen molar-refractivity contribution in [1.29, 1.82) is 0 Å². The van der Waals surface area contributed by atoms with E-state index < -0.39 is 0 Å². The summed E-state index contributed by atoms with van der Waals surface area (Å²) in [5.41, 5.74) is -0.367. The molecular formula is C12H23NO4. The summed E-state index contributed by atoms with van der Waals surface area (Å²) >= 11 is 0. The van der Waals surface area contributed by atoms with E-state index in [0.717, 1.165) is 25.9 Å². The van der Waals surface area contributed by atoms with E-state index in [2.05, 4.69) is 4.74 Å². The third-order valence-corrected chi connectivity index (χ3v) is 2.10. The molecule has 1 rings (SSSR count). The van der Waals surface area contributed by atoms with Crippen molar-refractivity contribution in [3.8, 4) is 0 Å². The van der Waals surface area contributed by atoms with E-state index in [1.807, 2.05) is 20.8 Å². The van der Waals surface area contributed by atoms with Crippen molar-refractivity contribution < 1.29 is 19.1 Å². The zero-order valence-electron chi connectivity index (χ0n) is 11.2. The summed E-state index contributed by atoms with van der Waals surface area (Å²) in [5, 5.41) is 0. The average Bonchev–Trinajstić information content (AvgIpc) is 2.28. The lowest BCUT2D eigenvalue weighted by Gasteiger charge is -2.29. The number of amides is 1. The Balaban J connectivity index is 0.000000557. The first-order chi connectivity index (χ1) is 7.90. The Kier molecular flexibility index (Phi) is 7.34. The quantitative estimate of drug-likeness (QED) is 0.664. The van der Waals surface area contributed by atoms with Gasteiger partial charge in [-0.3, -0.25) is 4.79 Å². The number of carbonyl (C=O) groups excluding carboxylic acids is 2. The number of likely N-dealkylation sites (tertiary alicyclic amines) is 1. The number of ether oxygens (including phenoxy) is 2. The summed E-state index contributed by atoms with van der Waals surface area (Å²) in [6, 6.07) is 0. The fourth-order valence-electron chi connectivity index (χ4n) is 1.40. The monoisotopic (exact) mass is 245 g/mol. The zero-order chi connectivity index (χ0) is 13.3. The molecule has 1 fully saturated rings. The molecule has 0 atom stereocenters. The van der Waals surface area contributed by atoms with Gasteiger partial charge in [-0.2, -0.15) is 0 Å². The van der Waals surface area contributed by atoms with Crippen LogP contribution in [0.15, 0.2) is 0 Å². The standard InChI is InChI=1S/C10H19NO2.C2H4O2/c1-10(2,3)13-9(12)11-7-5-4-6-8-11;1-4-2-3/h4-8H2,1-3H3;2H,1H3. The van der Waals surface area contributed by atoms with Crippen LogP contribution in [0.1, 0.15) is 40.0 Å². The van der Waals surface area contributed by atoms with Gasteiger partial charge in [0.15, 0.2) is 0 Å². The molecule has 1 aliphatic rings. The SMILES string of the molecule is CC(C)(C)OC(=O)N1CCCCC1.COC=O. The molecule has 0 bridgehead atoms. The van der Waals surface area contributed by atoms with Crippen LogP contribution in [-0.4, -0.2) is 43.3 Å². The molecule has 5 heteroatoms. The Labute approximate surface area is 103 Å². The highest BCUT2D eigenvalue weighted by Crippen LogP contribution is 2.14. The topological polar surface area (TPSA) is 55.8 Å². The number of carbonyl (C=O) groups is 2. The van der Waals surface area contributed by atoms with E-state index in [0.29, 0.717) is 6.47 Å². The molecule has 1 aliphatic heterocycles. The number of piperidine rings is 1. The smallest absolute Gasteiger partial charge is 0.410 e. The molecule has 1 saturated heterocycles. The van der Waals surface area contributed by atoms with Gasteiger partial charge in [0.1, 0.15) is 5.60 Å². The minimum absolute atomic E-state index is 0.160. The van der Waals surface area contributed by atoms with Crippen LogP contribution in [-0.2, 0) is 14.3 Å². The highest BCUT2D eigenvalue weighted by molar-refractivity contribution is 5.68. The third-order valence-electron chi connectivity index (χ3n) is 2.10. The Morgan fingerprint density at radius 3 is 2.00 bits per heavy atom. The van der Waals surface area contributed by atoms with Crippen molar-refractivity contribution in [2.75, 3.05) is 20.2 Å². The number of nitrogens with zero attached hydrogens (tertiary/aromatic N) is 1. The van der Waals surface area contributed by atoms with Crippen molar-refractivity contribution in [3.05, 3.63) is 0 Å². The van der Waals surface area contributed by atoms with Gasteiger partial charge in [0, 0.05) is 13.1 Å². The molecule has 0 N–H and O–H groups in total. The molecule has 0 aromatic rings. The molecule has 0 saturated carbocycles.